The Balaban J connectivity index is 1.87. The fourth-order valence-electron chi connectivity index (χ4n) is 3.12. The van der Waals surface area contributed by atoms with Crippen LogP contribution in [0.3, 0.4) is 0 Å². The fourth-order valence-corrected chi connectivity index (χ4v) is 3.63. The first-order valence-electron chi connectivity index (χ1n) is 8.36. The van der Waals surface area contributed by atoms with Crippen LogP contribution in [-0.4, -0.2) is 42.1 Å². The van der Waals surface area contributed by atoms with Gasteiger partial charge in [-0.2, -0.15) is 0 Å². The van der Waals surface area contributed by atoms with Crippen LogP contribution in [-0.2, 0) is 4.74 Å². The molecule has 3 aromatic rings. The maximum Gasteiger partial charge on any atom is 0.254 e. The number of halogens is 2. The molecular weight excluding hydrogens is 371 g/mol. The summed E-state index contributed by atoms with van der Waals surface area (Å²) in [6.07, 6.45) is 0. The number of hydrogen-bond acceptors (Lipinski definition) is 3. The zero-order chi connectivity index (χ0) is 18.1. The normalized spacial score (nSPS) is 14.6. The highest BCUT2D eigenvalue weighted by atomic mass is 35.5. The summed E-state index contributed by atoms with van der Waals surface area (Å²) in [4.78, 5) is 19.6. The molecule has 1 aromatic heterocycles. The number of para-hydroxylation sites is 1. The topological polar surface area (TPSA) is 42.4 Å². The Morgan fingerprint density at radius 3 is 2.58 bits per heavy atom. The van der Waals surface area contributed by atoms with Crippen molar-refractivity contribution in [1.82, 2.24) is 9.88 Å². The highest BCUT2D eigenvalue weighted by Crippen LogP contribution is 2.32. The van der Waals surface area contributed by atoms with E-state index in [1.54, 1.807) is 12.1 Å². The third kappa shape index (κ3) is 3.28. The van der Waals surface area contributed by atoms with Gasteiger partial charge in [0.25, 0.3) is 5.91 Å². The zero-order valence-corrected chi connectivity index (χ0v) is 15.4. The molecule has 0 aliphatic carbocycles. The summed E-state index contributed by atoms with van der Waals surface area (Å²) in [7, 11) is 0. The molecule has 0 bridgehead atoms. The minimum atomic E-state index is -0.0155. The maximum absolute atomic E-state index is 13.1. The molecule has 1 fully saturated rings. The van der Waals surface area contributed by atoms with Crippen LogP contribution in [0, 0.1) is 0 Å². The maximum atomic E-state index is 13.1. The first kappa shape index (κ1) is 17.3. The molecule has 132 valence electrons. The number of aromatic nitrogens is 1. The standard InChI is InChI=1S/C20H16Cl2N2O2/c21-13-5-6-15(17(22)11-13)19-12-16(14-3-1-2-4-18(14)23-19)20(25)24-7-9-26-10-8-24/h1-6,11-12H,7-10H2. The lowest BCUT2D eigenvalue weighted by molar-refractivity contribution is 0.0304. The Morgan fingerprint density at radius 1 is 1.04 bits per heavy atom. The summed E-state index contributed by atoms with van der Waals surface area (Å²) in [5.41, 5.74) is 2.78. The monoisotopic (exact) mass is 386 g/mol. The number of nitrogens with zero attached hydrogens (tertiary/aromatic N) is 2. The molecule has 0 saturated carbocycles. The highest BCUT2D eigenvalue weighted by molar-refractivity contribution is 6.36. The Morgan fingerprint density at radius 2 is 1.81 bits per heavy atom. The second kappa shape index (κ2) is 7.23. The molecular formula is C20H16Cl2N2O2. The van der Waals surface area contributed by atoms with E-state index in [-0.39, 0.29) is 5.91 Å². The predicted octanol–water partition coefficient (Wildman–Crippen LogP) is 4.68. The third-order valence-corrected chi connectivity index (χ3v) is 5.00. The number of amides is 1. The fraction of sp³-hybridized carbons (Fsp3) is 0.200. The van der Waals surface area contributed by atoms with Crippen LogP contribution >= 0.6 is 23.2 Å². The van der Waals surface area contributed by atoms with Gasteiger partial charge in [-0.1, -0.05) is 41.4 Å². The minimum Gasteiger partial charge on any atom is -0.378 e. The number of ether oxygens (including phenoxy) is 1. The van der Waals surface area contributed by atoms with Gasteiger partial charge in [-0.15, -0.1) is 0 Å². The van der Waals surface area contributed by atoms with E-state index in [2.05, 4.69) is 0 Å². The lowest BCUT2D eigenvalue weighted by Gasteiger charge is -2.27. The lowest BCUT2D eigenvalue weighted by atomic mass is 10.0. The number of benzene rings is 2. The molecule has 0 N–H and O–H groups in total. The summed E-state index contributed by atoms with van der Waals surface area (Å²) in [6.45, 7) is 2.30. The van der Waals surface area contributed by atoms with Crippen molar-refractivity contribution in [3.63, 3.8) is 0 Å². The molecule has 0 radical (unpaired) electrons. The number of hydrogen-bond donors (Lipinski definition) is 0. The van der Waals surface area contributed by atoms with Crippen molar-refractivity contribution < 1.29 is 9.53 Å². The van der Waals surface area contributed by atoms with Gasteiger partial charge in [0.05, 0.1) is 35.0 Å². The second-order valence-corrected chi connectivity index (χ2v) is 6.94. The van der Waals surface area contributed by atoms with E-state index < -0.39 is 0 Å². The van der Waals surface area contributed by atoms with Gasteiger partial charge in [0.2, 0.25) is 0 Å². The molecule has 2 heterocycles. The van der Waals surface area contributed by atoms with Gasteiger partial charge in [0.15, 0.2) is 0 Å². The van der Waals surface area contributed by atoms with E-state index in [4.69, 9.17) is 32.9 Å². The minimum absolute atomic E-state index is 0.0155. The molecule has 2 aromatic carbocycles. The van der Waals surface area contributed by atoms with Crippen LogP contribution in [0.5, 0.6) is 0 Å². The van der Waals surface area contributed by atoms with Crippen LogP contribution in [0.15, 0.2) is 48.5 Å². The predicted molar refractivity (Wildman–Crippen MR) is 104 cm³/mol. The van der Waals surface area contributed by atoms with Crippen molar-refractivity contribution in [3.8, 4) is 11.3 Å². The molecule has 0 spiro atoms. The van der Waals surface area contributed by atoms with Gasteiger partial charge in [0, 0.05) is 29.1 Å². The van der Waals surface area contributed by atoms with E-state index in [0.29, 0.717) is 47.6 Å². The number of rotatable bonds is 2. The Kier molecular flexibility index (Phi) is 4.81. The summed E-state index contributed by atoms with van der Waals surface area (Å²) in [5, 5.41) is 1.90. The average molecular weight is 387 g/mol. The number of pyridine rings is 1. The van der Waals surface area contributed by atoms with Crippen LogP contribution in [0.25, 0.3) is 22.2 Å². The average Bonchev–Trinajstić information content (AvgIpc) is 2.67. The molecule has 1 saturated heterocycles. The van der Waals surface area contributed by atoms with E-state index >= 15 is 0 Å². The summed E-state index contributed by atoms with van der Waals surface area (Å²) >= 11 is 12.4. The first-order chi connectivity index (χ1) is 12.6. The van der Waals surface area contributed by atoms with Crippen molar-refractivity contribution in [2.45, 2.75) is 0 Å². The van der Waals surface area contributed by atoms with Crippen molar-refractivity contribution in [2.24, 2.45) is 0 Å². The van der Waals surface area contributed by atoms with E-state index in [9.17, 15) is 4.79 Å². The number of fused-ring (bicyclic) bond motifs is 1. The molecule has 1 aliphatic rings. The molecule has 4 nitrogen and oxygen atoms in total. The molecule has 26 heavy (non-hydrogen) atoms. The van der Waals surface area contributed by atoms with Gasteiger partial charge in [-0.05, 0) is 30.3 Å². The van der Waals surface area contributed by atoms with Crippen molar-refractivity contribution in [3.05, 3.63) is 64.1 Å². The van der Waals surface area contributed by atoms with Gasteiger partial charge in [-0.3, -0.25) is 4.79 Å². The largest absolute Gasteiger partial charge is 0.378 e. The molecule has 6 heteroatoms. The van der Waals surface area contributed by atoms with Crippen LogP contribution in [0.4, 0.5) is 0 Å². The first-order valence-corrected chi connectivity index (χ1v) is 9.11. The molecule has 4 rings (SSSR count). The quantitative estimate of drug-likeness (QED) is 0.641. The number of carbonyl (C=O) groups is 1. The highest BCUT2D eigenvalue weighted by Gasteiger charge is 2.22. The number of carbonyl (C=O) groups excluding carboxylic acids is 1. The second-order valence-electron chi connectivity index (χ2n) is 6.10. The van der Waals surface area contributed by atoms with E-state index in [1.165, 1.54) is 0 Å². The Bertz CT molecular complexity index is 985. The van der Waals surface area contributed by atoms with Crippen molar-refractivity contribution >= 4 is 40.0 Å². The molecule has 1 aliphatic heterocycles. The van der Waals surface area contributed by atoms with Gasteiger partial charge < -0.3 is 9.64 Å². The van der Waals surface area contributed by atoms with Crippen molar-refractivity contribution in [2.75, 3.05) is 26.3 Å². The van der Waals surface area contributed by atoms with E-state index in [1.807, 2.05) is 41.3 Å². The Labute approximate surface area is 161 Å². The third-order valence-electron chi connectivity index (χ3n) is 4.45. The Hall–Kier alpha value is -2.14. The van der Waals surface area contributed by atoms with Gasteiger partial charge in [-0.25, -0.2) is 4.98 Å². The van der Waals surface area contributed by atoms with Gasteiger partial charge >= 0.3 is 0 Å². The number of morpholine rings is 1. The molecule has 0 atom stereocenters. The molecule has 1 amide bonds. The summed E-state index contributed by atoms with van der Waals surface area (Å²) in [5.74, 6) is -0.0155. The smallest absolute Gasteiger partial charge is 0.254 e. The van der Waals surface area contributed by atoms with Crippen molar-refractivity contribution in [1.29, 1.82) is 0 Å². The van der Waals surface area contributed by atoms with Crippen LogP contribution in [0.1, 0.15) is 10.4 Å². The lowest BCUT2D eigenvalue weighted by Crippen LogP contribution is -2.40. The molecule has 0 unspecified atom stereocenters. The summed E-state index contributed by atoms with van der Waals surface area (Å²) in [6, 6.07) is 14.7. The zero-order valence-electron chi connectivity index (χ0n) is 13.9. The van der Waals surface area contributed by atoms with Crippen LogP contribution in [0.2, 0.25) is 10.0 Å². The van der Waals surface area contributed by atoms with Gasteiger partial charge in [0.1, 0.15) is 0 Å². The van der Waals surface area contributed by atoms with E-state index in [0.717, 1.165) is 16.5 Å². The SMILES string of the molecule is O=C(c1cc(-c2ccc(Cl)cc2Cl)nc2ccccc12)N1CCOCC1. The summed E-state index contributed by atoms with van der Waals surface area (Å²) < 4.78 is 5.36. The van der Waals surface area contributed by atoms with Crippen LogP contribution < -0.4 is 0 Å².